The third-order valence-electron chi connectivity index (χ3n) is 4.06. The molecule has 1 aromatic rings. The van der Waals surface area contributed by atoms with Crippen LogP contribution < -0.4 is 0 Å². The van der Waals surface area contributed by atoms with Gasteiger partial charge in [-0.3, -0.25) is 14.4 Å². The summed E-state index contributed by atoms with van der Waals surface area (Å²) in [6.07, 6.45) is 0.714. The monoisotopic (exact) mass is 289 g/mol. The zero-order valence-electron chi connectivity index (χ0n) is 12.3. The Bertz CT molecular complexity index is 578. The smallest absolute Gasteiger partial charge is 0.311 e. The lowest BCUT2D eigenvalue weighted by Crippen LogP contribution is -2.35. The molecule has 0 spiro atoms. The van der Waals surface area contributed by atoms with E-state index in [0.29, 0.717) is 18.5 Å². The minimum absolute atomic E-state index is 0.00959. The van der Waals surface area contributed by atoms with Crippen LogP contribution in [0.2, 0.25) is 0 Å². The number of carboxylic acid groups (broad SMARTS) is 1. The van der Waals surface area contributed by atoms with E-state index in [1.165, 1.54) is 6.92 Å². The van der Waals surface area contributed by atoms with E-state index in [0.717, 1.165) is 5.56 Å². The second kappa shape index (κ2) is 5.68. The summed E-state index contributed by atoms with van der Waals surface area (Å²) in [7, 11) is 0. The van der Waals surface area contributed by atoms with E-state index in [4.69, 9.17) is 0 Å². The average molecular weight is 289 g/mol. The largest absolute Gasteiger partial charge is 0.481 e. The first-order valence-electron chi connectivity index (χ1n) is 6.93. The molecule has 1 atom stereocenters. The summed E-state index contributed by atoms with van der Waals surface area (Å²) in [5.41, 5.74) is 0.605. The average Bonchev–Trinajstić information content (AvgIpc) is 2.83. The first kappa shape index (κ1) is 15.2. The second-order valence-corrected chi connectivity index (χ2v) is 5.86. The second-order valence-electron chi connectivity index (χ2n) is 5.86. The van der Waals surface area contributed by atoms with Crippen LogP contribution in [0.15, 0.2) is 24.3 Å². The molecule has 112 valence electrons. The predicted molar refractivity (Wildman–Crippen MR) is 77.1 cm³/mol. The van der Waals surface area contributed by atoms with Crippen LogP contribution in [0.5, 0.6) is 0 Å². The molecule has 1 N–H and O–H groups in total. The van der Waals surface area contributed by atoms with Crippen molar-refractivity contribution in [3.05, 3.63) is 35.4 Å². The van der Waals surface area contributed by atoms with Gasteiger partial charge in [-0.15, -0.1) is 0 Å². The molecule has 1 aliphatic heterocycles. The zero-order chi connectivity index (χ0) is 15.6. The van der Waals surface area contributed by atoms with Crippen LogP contribution in [0.3, 0.4) is 0 Å². The van der Waals surface area contributed by atoms with Crippen LogP contribution in [0.25, 0.3) is 0 Å². The molecule has 5 nitrogen and oxygen atoms in total. The number of rotatable bonds is 4. The van der Waals surface area contributed by atoms with Gasteiger partial charge in [-0.1, -0.05) is 24.3 Å². The summed E-state index contributed by atoms with van der Waals surface area (Å²) in [5, 5.41) is 9.17. The summed E-state index contributed by atoms with van der Waals surface area (Å²) in [6, 6.07) is 6.94. The van der Waals surface area contributed by atoms with Gasteiger partial charge in [0.1, 0.15) is 0 Å². The number of hydrogen-bond acceptors (Lipinski definition) is 3. The predicted octanol–water partition coefficient (Wildman–Crippen LogP) is 1.75. The maximum atomic E-state index is 12.2. The van der Waals surface area contributed by atoms with Crippen LogP contribution >= 0.6 is 0 Å². The van der Waals surface area contributed by atoms with Crippen molar-refractivity contribution in [3.63, 3.8) is 0 Å². The molecule has 5 heteroatoms. The highest BCUT2D eigenvalue weighted by atomic mass is 16.4. The Balaban J connectivity index is 1.99. The molecule has 1 aromatic carbocycles. The molecule has 0 bridgehead atoms. The highest BCUT2D eigenvalue weighted by Gasteiger charge is 2.41. The number of carbonyl (C=O) groups excluding carboxylic acids is 2. The van der Waals surface area contributed by atoms with Crippen molar-refractivity contribution in [2.75, 3.05) is 13.1 Å². The number of hydrogen-bond donors (Lipinski definition) is 1. The van der Waals surface area contributed by atoms with Crippen molar-refractivity contribution in [1.82, 2.24) is 4.90 Å². The molecule has 1 amide bonds. The number of carbonyl (C=O) groups is 3. The number of ketones is 1. The van der Waals surface area contributed by atoms with Gasteiger partial charge in [-0.25, -0.2) is 0 Å². The number of amides is 1. The maximum absolute atomic E-state index is 12.2. The van der Waals surface area contributed by atoms with E-state index in [1.807, 2.05) is 0 Å². The van der Waals surface area contributed by atoms with E-state index in [2.05, 4.69) is 0 Å². The molecule has 0 aliphatic carbocycles. The Labute approximate surface area is 123 Å². The van der Waals surface area contributed by atoms with Gasteiger partial charge in [-0.2, -0.15) is 0 Å². The van der Waals surface area contributed by atoms with Gasteiger partial charge < -0.3 is 10.0 Å². The fourth-order valence-corrected chi connectivity index (χ4v) is 2.49. The van der Waals surface area contributed by atoms with E-state index < -0.39 is 11.4 Å². The summed E-state index contributed by atoms with van der Waals surface area (Å²) in [4.78, 5) is 36.2. The summed E-state index contributed by atoms with van der Waals surface area (Å²) < 4.78 is 0. The molecule has 0 radical (unpaired) electrons. The molecule has 1 fully saturated rings. The van der Waals surface area contributed by atoms with E-state index in [1.54, 1.807) is 36.1 Å². The van der Waals surface area contributed by atoms with Gasteiger partial charge >= 0.3 is 5.97 Å². The zero-order valence-corrected chi connectivity index (χ0v) is 12.3. The highest BCUT2D eigenvalue weighted by molar-refractivity contribution is 5.94. The van der Waals surface area contributed by atoms with Gasteiger partial charge in [-0.05, 0) is 25.8 Å². The normalized spacial score (nSPS) is 21.3. The summed E-state index contributed by atoms with van der Waals surface area (Å²) >= 11 is 0. The lowest BCUT2D eigenvalue weighted by molar-refractivity contribution is -0.147. The van der Waals surface area contributed by atoms with Gasteiger partial charge in [0, 0.05) is 18.7 Å². The Morgan fingerprint density at radius 3 is 2.33 bits per heavy atom. The van der Waals surface area contributed by atoms with Gasteiger partial charge in [0.15, 0.2) is 5.78 Å². The molecule has 0 saturated carbocycles. The van der Waals surface area contributed by atoms with Gasteiger partial charge in [0.2, 0.25) is 5.91 Å². The number of nitrogens with zero attached hydrogens (tertiary/aromatic N) is 1. The Hall–Kier alpha value is -2.17. The standard InChI is InChI=1S/C16H19NO4/c1-11(18)13-5-3-12(4-6-13)9-14(19)17-8-7-16(2,10-17)15(20)21/h3-6H,7-10H2,1-2H3,(H,20,21). The highest BCUT2D eigenvalue weighted by Crippen LogP contribution is 2.30. The lowest BCUT2D eigenvalue weighted by Gasteiger charge is -2.20. The lowest BCUT2D eigenvalue weighted by atomic mass is 9.90. The summed E-state index contributed by atoms with van der Waals surface area (Å²) in [5.74, 6) is -0.941. The molecule has 1 heterocycles. The van der Waals surface area contributed by atoms with Crippen LogP contribution in [-0.2, 0) is 16.0 Å². The first-order chi connectivity index (χ1) is 9.82. The Morgan fingerprint density at radius 2 is 1.86 bits per heavy atom. The van der Waals surface area contributed by atoms with Crippen LogP contribution in [-0.4, -0.2) is 40.8 Å². The van der Waals surface area contributed by atoms with Crippen molar-refractivity contribution in [2.24, 2.45) is 5.41 Å². The molecule has 1 aliphatic rings. The third-order valence-corrected chi connectivity index (χ3v) is 4.06. The quantitative estimate of drug-likeness (QED) is 0.857. The SMILES string of the molecule is CC(=O)c1ccc(CC(=O)N2CCC(C)(C(=O)O)C2)cc1. The number of benzene rings is 1. The molecule has 2 rings (SSSR count). The van der Waals surface area contributed by atoms with Crippen molar-refractivity contribution in [1.29, 1.82) is 0 Å². The van der Waals surface area contributed by atoms with Crippen molar-refractivity contribution in [2.45, 2.75) is 26.7 Å². The molecule has 0 aromatic heterocycles. The number of carboxylic acids is 1. The minimum atomic E-state index is -0.858. The molecular formula is C16H19NO4. The topological polar surface area (TPSA) is 74.7 Å². The molecule has 21 heavy (non-hydrogen) atoms. The Morgan fingerprint density at radius 1 is 1.24 bits per heavy atom. The van der Waals surface area contributed by atoms with Crippen molar-refractivity contribution >= 4 is 17.7 Å². The molecule has 1 unspecified atom stereocenters. The van der Waals surface area contributed by atoms with E-state index in [9.17, 15) is 19.5 Å². The van der Waals surface area contributed by atoms with Crippen molar-refractivity contribution < 1.29 is 19.5 Å². The third kappa shape index (κ3) is 3.29. The van der Waals surface area contributed by atoms with Gasteiger partial charge in [0.25, 0.3) is 0 Å². The Kier molecular flexibility index (Phi) is 4.11. The first-order valence-corrected chi connectivity index (χ1v) is 6.93. The fraction of sp³-hybridized carbons (Fsp3) is 0.438. The molecular weight excluding hydrogens is 270 g/mol. The van der Waals surface area contributed by atoms with E-state index >= 15 is 0 Å². The van der Waals surface area contributed by atoms with Crippen molar-refractivity contribution in [3.8, 4) is 0 Å². The maximum Gasteiger partial charge on any atom is 0.311 e. The number of likely N-dealkylation sites (tertiary alicyclic amines) is 1. The van der Waals surface area contributed by atoms with Gasteiger partial charge in [0.05, 0.1) is 11.8 Å². The van der Waals surface area contributed by atoms with Crippen LogP contribution in [0, 0.1) is 5.41 Å². The summed E-state index contributed by atoms with van der Waals surface area (Å²) in [6.45, 7) is 3.90. The number of Topliss-reactive ketones (excluding diaryl/α,β-unsaturated/α-hetero) is 1. The molecule has 1 saturated heterocycles. The van der Waals surface area contributed by atoms with E-state index in [-0.39, 0.29) is 24.7 Å². The minimum Gasteiger partial charge on any atom is -0.481 e. The number of aliphatic carboxylic acids is 1. The fourth-order valence-electron chi connectivity index (χ4n) is 2.49. The van der Waals surface area contributed by atoms with Crippen LogP contribution in [0.1, 0.15) is 36.2 Å². The van der Waals surface area contributed by atoms with Crippen LogP contribution in [0.4, 0.5) is 0 Å².